The predicted molar refractivity (Wildman–Crippen MR) is 73.2 cm³/mol. The number of carbonyl (C=O) groups excluding carboxylic acids is 2. The summed E-state index contributed by atoms with van der Waals surface area (Å²) in [4.78, 5) is 21.9. The highest BCUT2D eigenvalue weighted by molar-refractivity contribution is 5.93. The van der Waals surface area contributed by atoms with Gasteiger partial charge in [-0.1, -0.05) is 36.4 Å². The average molecular weight is 257 g/mol. The van der Waals surface area contributed by atoms with E-state index < -0.39 is 6.09 Å². The third-order valence-corrected chi connectivity index (χ3v) is 3.01. The second kappa shape index (κ2) is 5.52. The fourth-order valence-electron chi connectivity index (χ4n) is 2.22. The number of amides is 1. The second-order valence-corrected chi connectivity index (χ2v) is 4.42. The number of rotatable bonds is 4. The molecular formula is C15H15NO3. The summed E-state index contributed by atoms with van der Waals surface area (Å²) >= 11 is 0. The Kier molecular flexibility index (Phi) is 3.80. The maximum Gasteiger partial charge on any atom is 0.404 e. The van der Waals surface area contributed by atoms with Crippen molar-refractivity contribution in [3.05, 3.63) is 47.5 Å². The van der Waals surface area contributed by atoms with Gasteiger partial charge >= 0.3 is 6.09 Å². The summed E-state index contributed by atoms with van der Waals surface area (Å²) < 4.78 is 4.93. The number of aldehydes is 1. The van der Waals surface area contributed by atoms with Crippen molar-refractivity contribution in [3.8, 4) is 0 Å². The molecule has 0 bridgehead atoms. The predicted octanol–water partition coefficient (Wildman–Crippen LogP) is 2.68. The first-order valence-corrected chi connectivity index (χ1v) is 6.03. The van der Waals surface area contributed by atoms with Gasteiger partial charge in [0.2, 0.25) is 0 Å². The zero-order valence-corrected chi connectivity index (χ0v) is 10.6. The lowest BCUT2D eigenvalue weighted by molar-refractivity contribution is 0.111. The van der Waals surface area contributed by atoms with Gasteiger partial charge in [-0.2, -0.15) is 0 Å². The third-order valence-electron chi connectivity index (χ3n) is 3.01. The molecule has 0 fully saturated rings. The zero-order valence-electron chi connectivity index (χ0n) is 10.6. The number of benzene rings is 2. The van der Waals surface area contributed by atoms with Crippen molar-refractivity contribution in [1.29, 1.82) is 0 Å². The Labute approximate surface area is 111 Å². The molecule has 2 rings (SSSR count). The van der Waals surface area contributed by atoms with Crippen molar-refractivity contribution in [2.24, 2.45) is 5.73 Å². The van der Waals surface area contributed by atoms with E-state index in [2.05, 4.69) is 0 Å². The lowest BCUT2D eigenvalue weighted by atomic mass is 9.95. The molecule has 2 N–H and O–H groups in total. The zero-order chi connectivity index (χ0) is 13.8. The number of carbonyl (C=O) groups is 2. The van der Waals surface area contributed by atoms with E-state index in [9.17, 15) is 9.59 Å². The molecule has 1 atom stereocenters. The van der Waals surface area contributed by atoms with Crippen LogP contribution >= 0.6 is 0 Å². The van der Waals surface area contributed by atoms with Crippen molar-refractivity contribution < 1.29 is 14.3 Å². The van der Waals surface area contributed by atoms with Gasteiger partial charge in [0.1, 0.15) is 12.4 Å². The Bertz CT molecular complexity index is 622. The molecule has 2 aromatic rings. The standard InChI is InChI=1S/C15H15NO3/c1-10(19-15(16)18)8-14-12(9-17)7-6-11-4-2-3-5-13(11)14/h2-7,9-10H,8H2,1H3,(H2,16,18). The number of hydrogen-bond donors (Lipinski definition) is 1. The van der Waals surface area contributed by atoms with Crippen LogP contribution < -0.4 is 5.73 Å². The van der Waals surface area contributed by atoms with E-state index in [1.54, 1.807) is 13.0 Å². The van der Waals surface area contributed by atoms with Crippen molar-refractivity contribution in [2.75, 3.05) is 0 Å². The van der Waals surface area contributed by atoms with Crippen LogP contribution in [0.15, 0.2) is 36.4 Å². The van der Waals surface area contributed by atoms with Crippen LogP contribution in [-0.4, -0.2) is 18.5 Å². The van der Waals surface area contributed by atoms with Gasteiger partial charge in [-0.25, -0.2) is 4.79 Å². The lowest BCUT2D eigenvalue weighted by Gasteiger charge is -2.15. The Hall–Kier alpha value is -2.36. The van der Waals surface area contributed by atoms with Crippen molar-refractivity contribution >= 4 is 23.2 Å². The molecule has 0 spiro atoms. The monoisotopic (exact) mass is 257 g/mol. The van der Waals surface area contributed by atoms with Gasteiger partial charge in [0.05, 0.1) is 0 Å². The van der Waals surface area contributed by atoms with Gasteiger partial charge in [-0.05, 0) is 23.3 Å². The van der Waals surface area contributed by atoms with Gasteiger partial charge < -0.3 is 10.5 Å². The number of hydrogen-bond acceptors (Lipinski definition) is 3. The molecule has 0 saturated heterocycles. The first kappa shape index (κ1) is 13.1. The molecule has 4 nitrogen and oxygen atoms in total. The highest BCUT2D eigenvalue weighted by Crippen LogP contribution is 2.23. The maximum atomic E-state index is 11.1. The highest BCUT2D eigenvalue weighted by Gasteiger charge is 2.13. The van der Waals surface area contributed by atoms with Gasteiger partial charge in [0.15, 0.2) is 0 Å². The second-order valence-electron chi connectivity index (χ2n) is 4.42. The summed E-state index contributed by atoms with van der Waals surface area (Å²) in [5.74, 6) is 0. The van der Waals surface area contributed by atoms with E-state index in [4.69, 9.17) is 10.5 Å². The molecule has 0 aliphatic rings. The van der Waals surface area contributed by atoms with Crippen molar-refractivity contribution in [2.45, 2.75) is 19.4 Å². The van der Waals surface area contributed by atoms with E-state index in [0.29, 0.717) is 12.0 Å². The van der Waals surface area contributed by atoms with Crippen LogP contribution in [0.25, 0.3) is 10.8 Å². The van der Waals surface area contributed by atoms with E-state index in [0.717, 1.165) is 22.6 Å². The van der Waals surface area contributed by atoms with Crippen LogP contribution in [0.5, 0.6) is 0 Å². The first-order valence-electron chi connectivity index (χ1n) is 6.03. The number of nitrogens with two attached hydrogens (primary N) is 1. The van der Waals surface area contributed by atoms with E-state index in [-0.39, 0.29) is 6.10 Å². The molecule has 0 aliphatic carbocycles. The Morgan fingerprint density at radius 1 is 1.32 bits per heavy atom. The van der Waals surface area contributed by atoms with Crippen molar-refractivity contribution in [3.63, 3.8) is 0 Å². The molecule has 98 valence electrons. The number of primary amides is 1. The first-order chi connectivity index (χ1) is 9.11. The number of fused-ring (bicyclic) bond motifs is 1. The minimum Gasteiger partial charge on any atom is -0.446 e. The minimum absolute atomic E-state index is 0.373. The summed E-state index contributed by atoms with van der Waals surface area (Å²) in [6, 6.07) is 11.5. The smallest absolute Gasteiger partial charge is 0.404 e. The maximum absolute atomic E-state index is 11.1. The largest absolute Gasteiger partial charge is 0.446 e. The summed E-state index contributed by atoms with van der Waals surface area (Å²) in [5, 5.41) is 2.04. The molecule has 1 amide bonds. The van der Waals surface area contributed by atoms with Gasteiger partial charge in [-0.3, -0.25) is 4.79 Å². The van der Waals surface area contributed by atoms with E-state index in [1.165, 1.54) is 0 Å². The fraction of sp³-hybridized carbons (Fsp3) is 0.200. The molecule has 19 heavy (non-hydrogen) atoms. The Morgan fingerprint density at radius 3 is 2.74 bits per heavy atom. The highest BCUT2D eigenvalue weighted by atomic mass is 16.6. The molecule has 0 aliphatic heterocycles. The van der Waals surface area contributed by atoms with E-state index >= 15 is 0 Å². The number of ether oxygens (including phenoxy) is 1. The molecule has 0 aromatic heterocycles. The van der Waals surface area contributed by atoms with Gasteiger partial charge in [-0.15, -0.1) is 0 Å². The van der Waals surface area contributed by atoms with Crippen LogP contribution in [0.1, 0.15) is 22.8 Å². The van der Waals surface area contributed by atoms with Crippen LogP contribution in [-0.2, 0) is 11.2 Å². The van der Waals surface area contributed by atoms with Crippen molar-refractivity contribution in [1.82, 2.24) is 0 Å². The third kappa shape index (κ3) is 2.91. The molecule has 2 aromatic carbocycles. The SMILES string of the molecule is CC(Cc1c(C=O)ccc2ccccc12)OC(N)=O. The summed E-state index contributed by atoms with van der Waals surface area (Å²) in [7, 11) is 0. The topological polar surface area (TPSA) is 69.4 Å². The average Bonchev–Trinajstić information content (AvgIpc) is 2.38. The summed E-state index contributed by atoms with van der Waals surface area (Å²) in [6.45, 7) is 1.75. The molecular weight excluding hydrogens is 242 g/mol. The Morgan fingerprint density at radius 2 is 2.05 bits per heavy atom. The molecule has 0 radical (unpaired) electrons. The van der Waals surface area contributed by atoms with Crippen LogP contribution in [0.4, 0.5) is 4.79 Å². The van der Waals surface area contributed by atoms with Crippen LogP contribution in [0.2, 0.25) is 0 Å². The molecule has 0 heterocycles. The minimum atomic E-state index is -0.805. The molecule has 0 saturated carbocycles. The molecule has 4 heteroatoms. The Balaban J connectivity index is 2.44. The van der Waals surface area contributed by atoms with Crippen LogP contribution in [0, 0.1) is 0 Å². The van der Waals surface area contributed by atoms with E-state index in [1.807, 2.05) is 30.3 Å². The lowest BCUT2D eigenvalue weighted by Crippen LogP contribution is -2.22. The fourth-order valence-corrected chi connectivity index (χ4v) is 2.22. The quantitative estimate of drug-likeness (QED) is 0.856. The summed E-state index contributed by atoms with van der Waals surface area (Å²) in [6.07, 6.45) is 0.0966. The van der Waals surface area contributed by atoms with Gasteiger partial charge in [0, 0.05) is 12.0 Å². The summed E-state index contributed by atoms with van der Waals surface area (Å²) in [5.41, 5.74) is 6.49. The van der Waals surface area contributed by atoms with Gasteiger partial charge in [0.25, 0.3) is 0 Å². The normalized spacial score (nSPS) is 12.1. The van der Waals surface area contributed by atoms with Crippen LogP contribution in [0.3, 0.4) is 0 Å². The molecule has 1 unspecified atom stereocenters.